The number of ether oxygens (including phenoxy) is 1. The van der Waals surface area contributed by atoms with E-state index in [0.717, 1.165) is 27.2 Å². The Morgan fingerprint density at radius 3 is 2.74 bits per heavy atom. The van der Waals surface area contributed by atoms with Gasteiger partial charge in [0.05, 0.1) is 23.4 Å². The molecule has 8 nitrogen and oxygen atoms in total. The van der Waals surface area contributed by atoms with E-state index in [1.165, 1.54) is 6.33 Å². The highest BCUT2D eigenvalue weighted by Crippen LogP contribution is 2.26. The van der Waals surface area contributed by atoms with Crippen LogP contribution in [0.15, 0.2) is 65.8 Å². The minimum atomic E-state index is -3.78. The van der Waals surface area contributed by atoms with E-state index in [1.54, 1.807) is 36.3 Å². The lowest BCUT2D eigenvalue weighted by molar-refractivity contribution is -0.131. The van der Waals surface area contributed by atoms with E-state index in [1.807, 2.05) is 30.3 Å². The van der Waals surface area contributed by atoms with Gasteiger partial charge in [0, 0.05) is 25.0 Å². The first kappa shape index (κ1) is 23.5. The number of methoxy groups -OCH3 is 1. The van der Waals surface area contributed by atoms with Crippen LogP contribution >= 0.6 is 11.6 Å². The van der Waals surface area contributed by atoms with Crippen molar-refractivity contribution in [2.24, 2.45) is 5.92 Å². The number of likely N-dealkylation sites (tertiary alicyclic amines) is 1. The Morgan fingerprint density at radius 2 is 1.91 bits per heavy atom. The summed E-state index contributed by atoms with van der Waals surface area (Å²) < 4.78 is 33.7. The maximum Gasteiger partial charge on any atom is 0.240 e. The zero-order valence-electron chi connectivity index (χ0n) is 18.9. The van der Waals surface area contributed by atoms with E-state index in [9.17, 15) is 13.2 Å². The van der Waals surface area contributed by atoms with E-state index in [2.05, 4.69) is 14.7 Å². The van der Waals surface area contributed by atoms with Crippen LogP contribution in [-0.4, -0.2) is 49.4 Å². The van der Waals surface area contributed by atoms with Crippen molar-refractivity contribution >= 4 is 49.2 Å². The summed E-state index contributed by atoms with van der Waals surface area (Å²) in [6, 6.07) is 16.1. The molecule has 3 aromatic carbocycles. The molecule has 5 rings (SSSR count). The summed E-state index contributed by atoms with van der Waals surface area (Å²) in [4.78, 5) is 23.1. The number of halogens is 1. The van der Waals surface area contributed by atoms with Gasteiger partial charge in [0.2, 0.25) is 15.9 Å². The lowest BCUT2D eigenvalue weighted by atomic mass is 10.1. The summed E-state index contributed by atoms with van der Waals surface area (Å²) in [5.74, 6) is 0.155. The highest BCUT2D eigenvalue weighted by atomic mass is 35.5. The van der Waals surface area contributed by atoms with Crippen molar-refractivity contribution in [3.05, 3.63) is 71.6 Å². The molecule has 1 saturated heterocycles. The number of aromatic nitrogens is 2. The highest BCUT2D eigenvalue weighted by Gasteiger charge is 2.32. The zero-order chi connectivity index (χ0) is 24.6. The fourth-order valence-corrected chi connectivity index (χ4v) is 5.64. The van der Waals surface area contributed by atoms with E-state index < -0.39 is 15.9 Å². The normalized spacial score (nSPS) is 16.3. The Hall–Kier alpha value is -3.27. The monoisotopic (exact) mass is 510 g/mol. The summed E-state index contributed by atoms with van der Waals surface area (Å²) in [6.45, 7) is 1.01. The fraction of sp³-hybridized carbons (Fsp3) is 0.240. The molecule has 1 unspecified atom stereocenters. The summed E-state index contributed by atoms with van der Waals surface area (Å²) in [5.41, 5.74) is 1.65. The third kappa shape index (κ3) is 4.80. The van der Waals surface area contributed by atoms with Crippen molar-refractivity contribution in [3.8, 4) is 5.75 Å². The lowest BCUT2D eigenvalue weighted by Crippen LogP contribution is -2.34. The van der Waals surface area contributed by atoms with E-state index in [4.69, 9.17) is 16.3 Å². The molecule has 10 heteroatoms. The largest absolute Gasteiger partial charge is 0.497 e. The van der Waals surface area contributed by atoms with Crippen LogP contribution in [0.5, 0.6) is 5.75 Å². The highest BCUT2D eigenvalue weighted by molar-refractivity contribution is 7.89. The number of nitrogens with one attached hydrogen (secondary N) is 1. The third-order valence-electron chi connectivity index (χ3n) is 6.28. The molecule has 1 N–H and O–H groups in total. The topological polar surface area (TPSA) is 101 Å². The molecule has 0 aliphatic carbocycles. The first-order chi connectivity index (χ1) is 16.8. The van der Waals surface area contributed by atoms with Crippen molar-refractivity contribution in [1.82, 2.24) is 19.6 Å². The Kier molecular flexibility index (Phi) is 6.31. The van der Waals surface area contributed by atoms with Crippen LogP contribution in [0.2, 0.25) is 5.15 Å². The maximum absolute atomic E-state index is 13.0. The van der Waals surface area contributed by atoms with Crippen molar-refractivity contribution in [2.45, 2.75) is 17.9 Å². The minimum absolute atomic E-state index is 0.0468. The second kappa shape index (κ2) is 9.41. The van der Waals surface area contributed by atoms with E-state index in [0.29, 0.717) is 30.4 Å². The minimum Gasteiger partial charge on any atom is -0.497 e. The molecular weight excluding hydrogens is 488 g/mol. The SMILES string of the molecule is COc1ccc2ccc(S(=O)(=O)NCC3CCN(Cc4ccc5ncnc(Cl)c5c4)C3=O)cc2c1. The number of carbonyl (C=O) groups is 1. The van der Waals surface area contributed by atoms with Gasteiger partial charge in [-0.1, -0.05) is 29.8 Å². The molecule has 0 saturated carbocycles. The average molecular weight is 511 g/mol. The van der Waals surface area contributed by atoms with Gasteiger partial charge < -0.3 is 9.64 Å². The van der Waals surface area contributed by atoms with Gasteiger partial charge in [0.15, 0.2) is 0 Å². The predicted molar refractivity (Wildman–Crippen MR) is 134 cm³/mol. The molecule has 180 valence electrons. The third-order valence-corrected chi connectivity index (χ3v) is 8.00. The predicted octanol–water partition coefficient (Wildman–Crippen LogP) is 3.77. The van der Waals surface area contributed by atoms with Crippen LogP contribution < -0.4 is 9.46 Å². The lowest BCUT2D eigenvalue weighted by Gasteiger charge is -2.17. The first-order valence-corrected chi connectivity index (χ1v) is 13.0. The molecule has 1 aliphatic heterocycles. The molecule has 1 aromatic heterocycles. The van der Waals surface area contributed by atoms with Gasteiger partial charge in [-0.15, -0.1) is 0 Å². The molecule has 1 atom stereocenters. The van der Waals surface area contributed by atoms with Crippen molar-refractivity contribution < 1.29 is 17.9 Å². The number of nitrogens with zero attached hydrogens (tertiary/aromatic N) is 3. The molecule has 1 fully saturated rings. The number of sulfonamides is 1. The second-order valence-electron chi connectivity index (χ2n) is 8.49. The summed E-state index contributed by atoms with van der Waals surface area (Å²) in [7, 11) is -2.21. The molecule has 0 radical (unpaired) electrons. The summed E-state index contributed by atoms with van der Waals surface area (Å²) in [6.07, 6.45) is 1.99. The van der Waals surface area contributed by atoms with Crippen molar-refractivity contribution in [3.63, 3.8) is 0 Å². The number of fused-ring (bicyclic) bond motifs is 2. The van der Waals surface area contributed by atoms with Crippen LogP contribution in [0, 0.1) is 5.92 Å². The Labute approximate surface area is 207 Å². The number of benzene rings is 3. The number of amides is 1. The maximum atomic E-state index is 13.0. The summed E-state index contributed by atoms with van der Waals surface area (Å²) >= 11 is 6.18. The van der Waals surface area contributed by atoms with Crippen LogP contribution in [0.1, 0.15) is 12.0 Å². The first-order valence-electron chi connectivity index (χ1n) is 11.1. The Morgan fingerprint density at radius 1 is 1.09 bits per heavy atom. The van der Waals surface area contributed by atoms with Gasteiger partial charge >= 0.3 is 0 Å². The van der Waals surface area contributed by atoms with Gasteiger partial charge in [-0.3, -0.25) is 4.79 Å². The van der Waals surface area contributed by atoms with Gasteiger partial charge in [-0.05, 0) is 59.2 Å². The van der Waals surface area contributed by atoms with Gasteiger partial charge in [-0.25, -0.2) is 23.1 Å². The smallest absolute Gasteiger partial charge is 0.240 e. The quantitative estimate of drug-likeness (QED) is 0.380. The fourth-order valence-electron chi connectivity index (χ4n) is 4.33. The van der Waals surface area contributed by atoms with Crippen LogP contribution in [-0.2, 0) is 21.4 Å². The van der Waals surface area contributed by atoms with E-state index in [-0.39, 0.29) is 17.3 Å². The van der Waals surface area contributed by atoms with Gasteiger partial charge in [-0.2, -0.15) is 0 Å². The number of hydrogen-bond acceptors (Lipinski definition) is 6. The van der Waals surface area contributed by atoms with Crippen LogP contribution in [0.3, 0.4) is 0 Å². The Bertz CT molecular complexity index is 1540. The molecule has 0 bridgehead atoms. The summed E-state index contributed by atoms with van der Waals surface area (Å²) in [5, 5.41) is 2.77. The van der Waals surface area contributed by atoms with Gasteiger partial charge in [0.25, 0.3) is 0 Å². The van der Waals surface area contributed by atoms with E-state index >= 15 is 0 Å². The number of hydrogen-bond donors (Lipinski definition) is 1. The van der Waals surface area contributed by atoms with Crippen molar-refractivity contribution in [2.75, 3.05) is 20.2 Å². The zero-order valence-corrected chi connectivity index (χ0v) is 20.5. The molecule has 1 amide bonds. The average Bonchev–Trinajstić information content (AvgIpc) is 3.21. The molecule has 2 heterocycles. The molecule has 0 spiro atoms. The molecular formula is C25H23ClN4O4S. The Balaban J connectivity index is 1.25. The standard InChI is InChI=1S/C25H23ClN4O4S/c1-34-20-5-3-17-4-6-21(12-19(17)11-20)35(32,33)29-13-18-8-9-30(25(18)31)14-16-2-7-23-22(10-16)24(26)28-15-27-23/h2-7,10-12,15,18,29H,8-9,13-14H2,1H3. The van der Waals surface area contributed by atoms with Gasteiger partial charge in [0.1, 0.15) is 17.2 Å². The number of carbonyl (C=O) groups excluding carboxylic acids is 1. The molecule has 35 heavy (non-hydrogen) atoms. The van der Waals surface area contributed by atoms with Crippen LogP contribution in [0.25, 0.3) is 21.7 Å². The van der Waals surface area contributed by atoms with Crippen LogP contribution in [0.4, 0.5) is 0 Å². The van der Waals surface area contributed by atoms with Crippen molar-refractivity contribution in [1.29, 1.82) is 0 Å². The number of rotatable bonds is 7. The molecule has 4 aromatic rings. The second-order valence-corrected chi connectivity index (χ2v) is 10.6. The molecule has 1 aliphatic rings.